The molecule has 3 heterocycles. The van der Waals surface area contributed by atoms with Crippen molar-refractivity contribution in [1.82, 2.24) is 24.9 Å². The molecule has 1 aliphatic rings. The number of sulfonamides is 1. The Labute approximate surface area is 175 Å². The van der Waals surface area contributed by atoms with E-state index in [2.05, 4.69) is 35.0 Å². The van der Waals surface area contributed by atoms with Gasteiger partial charge in [-0.3, -0.25) is 4.72 Å². The van der Waals surface area contributed by atoms with Gasteiger partial charge in [-0.2, -0.15) is 0 Å². The summed E-state index contributed by atoms with van der Waals surface area (Å²) in [6, 6.07) is 5.34. The van der Waals surface area contributed by atoms with Gasteiger partial charge in [-0.05, 0) is 37.1 Å². The second-order valence-corrected chi connectivity index (χ2v) is 8.96. The highest BCUT2D eigenvalue weighted by atomic mass is 32.2. The summed E-state index contributed by atoms with van der Waals surface area (Å²) >= 11 is 0. The SMILES string of the molecule is O=S(=O)(Nc1ccc(F)c(Nc2ncccc2-c2nc3cncnc3[nH]2)c1F)C1CC1. The van der Waals surface area contributed by atoms with Gasteiger partial charge in [0.25, 0.3) is 0 Å². The number of nitrogens with zero attached hydrogens (tertiary/aromatic N) is 4. The normalized spacial score (nSPS) is 14.0. The smallest absolute Gasteiger partial charge is 0.235 e. The van der Waals surface area contributed by atoms with E-state index in [1.54, 1.807) is 12.1 Å². The van der Waals surface area contributed by atoms with Crippen LogP contribution in [0.25, 0.3) is 22.6 Å². The van der Waals surface area contributed by atoms with Crippen LogP contribution in [-0.2, 0) is 10.0 Å². The molecule has 1 fully saturated rings. The predicted octanol–water partition coefficient (Wildman–Crippen LogP) is 3.34. The average molecular weight is 443 g/mol. The fourth-order valence-electron chi connectivity index (χ4n) is 3.06. The van der Waals surface area contributed by atoms with Crippen LogP contribution >= 0.6 is 0 Å². The maximum absolute atomic E-state index is 15.0. The van der Waals surface area contributed by atoms with Crippen molar-refractivity contribution in [2.45, 2.75) is 18.1 Å². The van der Waals surface area contributed by atoms with Crippen LogP contribution in [0.3, 0.4) is 0 Å². The molecule has 5 rings (SSSR count). The average Bonchev–Trinajstić information content (AvgIpc) is 3.54. The second kappa shape index (κ2) is 7.23. The highest BCUT2D eigenvalue weighted by Gasteiger charge is 2.36. The Balaban J connectivity index is 1.52. The molecular weight excluding hydrogens is 428 g/mol. The quantitative estimate of drug-likeness (QED) is 0.417. The lowest BCUT2D eigenvalue weighted by molar-refractivity contribution is 0.588. The van der Waals surface area contributed by atoms with Gasteiger partial charge >= 0.3 is 0 Å². The molecule has 0 amide bonds. The Morgan fingerprint density at radius 3 is 2.74 bits per heavy atom. The Bertz CT molecular complexity index is 1370. The van der Waals surface area contributed by atoms with Crippen molar-refractivity contribution in [2.24, 2.45) is 0 Å². The summed E-state index contributed by atoms with van der Waals surface area (Å²) in [5.41, 5.74) is 0.567. The molecule has 0 aliphatic heterocycles. The zero-order valence-corrected chi connectivity index (χ0v) is 16.6. The van der Waals surface area contributed by atoms with E-state index < -0.39 is 32.6 Å². The van der Waals surface area contributed by atoms with E-state index in [-0.39, 0.29) is 11.5 Å². The van der Waals surface area contributed by atoms with Crippen LogP contribution in [0.2, 0.25) is 0 Å². The Kier molecular flexibility index (Phi) is 4.50. The third-order valence-electron chi connectivity index (χ3n) is 4.77. The number of pyridine rings is 1. The van der Waals surface area contributed by atoms with Gasteiger partial charge in [0.2, 0.25) is 10.0 Å². The van der Waals surface area contributed by atoms with Crippen molar-refractivity contribution in [3.63, 3.8) is 0 Å². The highest BCUT2D eigenvalue weighted by molar-refractivity contribution is 7.93. The van der Waals surface area contributed by atoms with Gasteiger partial charge < -0.3 is 10.3 Å². The molecule has 4 aromatic rings. The summed E-state index contributed by atoms with van der Waals surface area (Å²) in [6.07, 6.45) is 5.38. The van der Waals surface area contributed by atoms with Crippen molar-refractivity contribution in [2.75, 3.05) is 10.0 Å². The van der Waals surface area contributed by atoms with Gasteiger partial charge in [0.05, 0.1) is 22.7 Å². The van der Waals surface area contributed by atoms with Crippen LogP contribution in [0.1, 0.15) is 12.8 Å². The van der Waals surface area contributed by atoms with E-state index >= 15 is 4.39 Å². The topological polar surface area (TPSA) is 126 Å². The van der Waals surface area contributed by atoms with Gasteiger partial charge in [-0.25, -0.2) is 37.1 Å². The highest BCUT2D eigenvalue weighted by Crippen LogP contribution is 2.35. The first-order valence-electron chi connectivity index (χ1n) is 9.30. The van der Waals surface area contributed by atoms with E-state index in [4.69, 9.17) is 0 Å². The number of H-pyrrole nitrogens is 1. The van der Waals surface area contributed by atoms with E-state index in [0.29, 0.717) is 35.4 Å². The fourth-order valence-corrected chi connectivity index (χ4v) is 4.45. The van der Waals surface area contributed by atoms with Gasteiger partial charge in [0.15, 0.2) is 11.5 Å². The zero-order chi connectivity index (χ0) is 21.6. The first-order valence-corrected chi connectivity index (χ1v) is 10.8. The van der Waals surface area contributed by atoms with E-state index in [9.17, 15) is 12.8 Å². The third kappa shape index (κ3) is 3.65. The van der Waals surface area contributed by atoms with Crippen LogP contribution < -0.4 is 10.0 Å². The van der Waals surface area contributed by atoms with Crippen LogP contribution in [0.5, 0.6) is 0 Å². The lowest BCUT2D eigenvalue weighted by atomic mass is 10.2. The number of fused-ring (bicyclic) bond motifs is 1. The van der Waals surface area contributed by atoms with Gasteiger partial charge in [-0.1, -0.05) is 0 Å². The molecule has 3 aromatic heterocycles. The number of nitrogens with one attached hydrogen (secondary N) is 3. The maximum atomic E-state index is 15.0. The number of imidazole rings is 1. The van der Waals surface area contributed by atoms with E-state index in [1.807, 2.05) is 0 Å². The molecule has 1 saturated carbocycles. The molecule has 3 N–H and O–H groups in total. The molecule has 0 atom stereocenters. The number of halogens is 2. The van der Waals surface area contributed by atoms with Crippen LogP contribution in [0.15, 0.2) is 43.0 Å². The first-order chi connectivity index (χ1) is 14.9. The Morgan fingerprint density at radius 1 is 1.13 bits per heavy atom. The molecule has 0 bridgehead atoms. The number of rotatable bonds is 6. The molecule has 1 aliphatic carbocycles. The number of hydrogen-bond acceptors (Lipinski definition) is 7. The summed E-state index contributed by atoms with van der Waals surface area (Å²) in [4.78, 5) is 19.5. The van der Waals surface area contributed by atoms with Crippen LogP contribution in [-0.4, -0.2) is 38.6 Å². The number of hydrogen-bond donors (Lipinski definition) is 3. The van der Waals surface area contributed by atoms with E-state index in [1.165, 1.54) is 18.7 Å². The van der Waals surface area contributed by atoms with Gasteiger partial charge in [0.1, 0.15) is 35.0 Å². The maximum Gasteiger partial charge on any atom is 0.235 e. The largest absolute Gasteiger partial charge is 0.335 e. The van der Waals surface area contributed by atoms with Crippen molar-refractivity contribution in [3.8, 4) is 11.4 Å². The summed E-state index contributed by atoms with van der Waals surface area (Å²) in [6.45, 7) is 0. The molecule has 12 heteroatoms. The standard InChI is InChI=1S/C19H15F2N7O2S/c20-12-5-6-13(28-31(29,30)10-3-4-10)15(21)16(12)26-17-11(2-1-7-23-17)18-25-14-8-22-9-24-19(14)27-18/h1-2,5-10,28H,3-4H2,(H,23,26)(H,22,24,25,27). The van der Waals surface area contributed by atoms with Crippen molar-refractivity contribution in [3.05, 3.63) is 54.6 Å². The minimum Gasteiger partial charge on any atom is -0.335 e. The number of benzene rings is 1. The molecule has 0 radical (unpaired) electrons. The summed E-state index contributed by atoms with van der Waals surface area (Å²) in [7, 11) is -3.71. The molecular formula is C19H15F2N7O2S. The monoisotopic (exact) mass is 443 g/mol. The molecule has 0 saturated heterocycles. The number of anilines is 3. The van der Waals surface area contributed by atoms with Gasteiger partial charge in [-0.15, -0.1) is 0 Å². The Morgan fingerprint density at radius 2 is 1.97 bits per heavy atom. The summed E-state index contributed by atoms with van der Waals surface area (Å²) in [5.74, 6) is -1.48. The predicted molar refractivity (Wildman–Crippen MR) is 110 cm³/mol. The summed E-state index contributed by atoms with van der Waals surface area (Å²) in [5, 5.41) is 2.08. The molecule has 0 unspecified atom stereocenters. The lowest BCUT2D eigenvalue weighted by Crippen LogP contribution is -2.18. The van der Waals surface area contributed by atoms with Crippen molar-refractivity contribution < 1.29 is 17.2 Å². The molecule has 0 spiro atoms. The second-order valence-electron chi connectivity index (χ2n) is 7.00. The Hall–Kier alpha value is -3.67. The molecule has 31 heavy (non-hydrogen) atoms. The van der Waals surface area contributed by atoms with Crippen LogP contribution in [0, 0.1) is 11.6 Å². The van der Waals surface area contributed by atoms with Crippen LogP contribution in [0.4, 0.5) is 26.0 Å². The molecule has 1 aromatic carbocycles. The van der Waals surface area contributed by atoms with Crippen molar-refractivity contribution >= 4 is 38.4 Å². The van der Waals surface area contributed by atoms with Crippen molar-refractivity contribution in [1.29, 1.82) is 0 Å². The van der Waals surface area contributed by atoms with E-state index in [0.717, 1.165) is 12.1 Å². The van der Waals surface area contributed by atoms with Gasteiger partial charge in [0, 0.05) is 6.20 Å². The molecule has 158 valence electrons. The fraction of sp³-hybridized carbons (Fsp3) is 0.158. The minimum atomic E-state index is -3.71. The third-order valence-corrected chi connectivity index (χ3v) is 6.63. The lowest BCUT2D eigenvalue weighted by Gasteiger charge is -2.14. The first kappa shape index (κ1) is 19.3. The number of aromatic amines is 1. The summed E-state index contributed by atoms with van der Waals surface area (Å²) < 4.78 is 56.0. The molecule has 9 nitrogen and oxygen atoms in total. The minimum absolute atomic E-state index is 0.120. The number of aromatic nitrogens is 5. The zero-order valence-electron chi connectivity index (χ0n) is 15.8.